The van der Waals surface area contributed by atoms with Gasteiger partial charge in [-0.15, -0.1) is 0 Å². The SMILES string of the molecule is COCCNC(=O)Nc1c(-c2ccc(OC)cc2)nn(-c2ccc(C(F)(F)F)cc2)c1N. The van der Waals surface area contributed by atoms with Crippen LogP contribution in [0.4, 0.5) is 29.5 Å². The molecule has 0 atom stereocenters. The summed E-state index contributed by atoms with van der Waals surface area (Å²) in [5.74, 6) is 0.674. The highest BCUT2D eigenvalue weighted by Crippen LogP contribution is 2.35. The van der Waals surface area contributed by atoms with E-state index in [0.29, 0.717) is 29.3 Å². The van der Waals surface area contributed by atoms with Gasteiger partial charge in [0.05, 0.1) is 25.0 Å². The lowest BCUT2D eigenvalue weighted by molar-refractivity contribution is -0.137. The summed E-state index contributed by atoms with van der Waals surface area (Å²) in [6.45, 7) is 0.589. The van der Waals surface area contributed by atoms with Crippen molar-refractivity contribution in [3.8, 4) is 22.7 Å². The molecule has 8 nitrogen and oxygen atoms in total. The molecule has 3 aromatic rings. The molecular weight excluding hydrogens is 427 g/mol. The van der Waals surface area contributed by atoms with Crippen molar-refractivity contribution in [3.63, 3.8) is 0 Å². The van der Waals surface area contributed by atoms with Gasteiger partial charge in [-0.25, -0.2) is 9.48 Å². The van der Waals surface area contributed by atoms with Gasteiger partial charge in [-0.3, -0.25) is 0 Å². The highest BCUT2D eigenvalue weighted by atomic mass is 19.4. The zero-order valence-electron chi connectivity index (χ0n) is 17.4. The van der Waals surface area contributed by atoms with E-state index in [0.717, 1.165) is 12.1 Å². The van der Waals surface area contributed by atoms with Crippen LogP contribution >= 0.6 is 0 Å². The van der Waals surface area contributed by atoms with Crippen LogP contribution in [0.2, 0.25) is 0 Å². The predicted octanol–water partition coefficient (Wildman–Crippen LogP) is 3.92. The average molecular weight is 449 g/mol. The predicted molar refractivity (Wildman–Crippen MR) is 114 cm³/mol. The Morgan fingerprint density at radius 2 is 1.75 bits per heavy atom. The summed E-state index contributed by atoms with van der Waals surface area (Å²) < 4.78 is 50.0. The lowest BCUT2D eigenvalue weighted by Crippen LogP contribution is -2.31. The molecule has 2 amide bonds. The van der Waals surface area contributed by atoms with Crippen molar-refractivity contribution in [1.82, 2.24) is 15.1 Å². The molecule has 11 heteroatoms. The van der Waals surface area contributed by atoms with Crippen molar-refractivity contribution in [2.45, 2.75) is 6.18 Å². The number of methoxy groups -OCH3 is 2. The number of halogens is 3. The first-order chi connectivity index (χ1) is 15.2. The zero-order valence-corrected chi connectivity index (χ0v) is 17.4. The number of nitrogens with two attached hydrogens (primary N) is 1. The normalized spacial score (nSPS) is 11.3. The number of carbonyl (C=O) groups excluding carboxylic acids is 1. The molecule has 0 aliphatic carbocycles. The van der Waals surface area contributed by atoms with E-state index in [-0.39, 0.29) is 18.1 Å². The number of nitrogens with one attached hydrogen (secondary N) is 2. The Bertz CT molecular complexity index is 1060. The third kappa shape index (κ3) is 5.11. The number of nitrogen functional groups attached to an aromatic ring is 1. The summed E-state index contributed by atoms with van der Waals surface area (Å²) >= 11 is 0. The molecule has 1 heterocycles. The molecule has 0 aliphatic heterocycles. The summed E-state index contributed by atoms with van der Waals surface area (Å²) in [6, 6.07) is 10.7. The third-order valence-electron chi connectivity index (χ3n) is 4.55. The van der Waals surface area contributed by atoms with E-state index in [1.165, 1.54) is 31.0 Å². The number of carbonyl (C=O) groups is 1. The van der Waals surface area contributed by atoms with E-state index in [1.54, 1.807) is 24.3 Å². The Morgan fingerprint density at radius 1 is 1.09 bits per heavy atom. The molecule has 0 spiro atoms. The van der Waals surface area contributed by atoms with E-state index in [2.05, 4.69) is 15.7 Å². The molecule has 2 aromatic carbocycles. The fourth-order valence-electron chi connectivity index (χ4n) is 2.92. The highest BCUT2D eigenvalue weighted by molar-refractivity contribution is 5.97. The minimum atomic E-state index is -4.46. The van der Waals surface area contributed by atoms with Crippen molar-refractivity contribution >= 4 is 17.5 Å². The van der Waals surface area contributed by atoms with Gasteiger partial charge in [-0.2, -0.15) is 18.3 Å². The second-order valence-electron chi connectivity index (χ2n) is 6.67. The van der Waals surface area contributed by atoms with E-state index >= 15 is 0 Å². The molecule has 0 saturated carbocycles. The van der Waals surface area contributed by atoms with Gasteiger partial charge >= 0.3 is 12.2 Å². The van der Waals surface area contributed by atoms with Gasteiger partial charge < -0.3 is 25.8 Å². The molecule has 1 aromatic heterocycles. The molecular formula is C21H22F3N5O3. The van der Waals surface area contributed by atoms with Crippen molar-refractivity contribution in [3.05, 3.63) is 54.1 Å². The van der Waals surface area contributed by atoms with Crippen molar-refractivity contribution in [1.29, 1.82) is 0 Å². The van der Waals surface area contributed by atoms with Crippen LogP contribution < -0.4 is 21.1 Å². The summed E-state index contributed by atoms with van der Waals surface area (Å²) in [4.78, 5) is 12.3. The Labute approximate surface area is 182 Å². The first-order valence-corrected chi connectivity index (χ1v) is 9.49. The average Bonchev–Trinajstić information content (AvgIpc) is 3.09. The molecule has 0 unspecified atom stereocenters. The fourth-order valence-corrected chi connectivity index (χ4v) is 2.92. The van der Waals surface area contributed by atoms with Crippen LogP contribution in [0.15, 0.2) is 48.5 Å². The number of anilines is 2. The monoisotopic (exact) mass is 449 g/mol. The molecule has 4 N–H and O–H groups in total. The number of urea groups is 1. The van der Waals surface area contributed by atoms with Crippen LogP contribution in [0.1, 0.15) is 5.56 Å². The minimum absolute atomic E-state index is 0.0532. The zero-order chi connectivity index (χ0) is 23.3. The molecule has 170 valence electrons. The lowest BCUT2D eigenvalue weighted by atomic mass is 10.1. The van der Waals surface area contributed by atoms with Crippen LogP contribution in [0.3, 0.4) is 0 Å². The van der Waals surface area contributed by atoms with Gasteiger partial charge in [0.25, 0.3) is 0 Å². The van der Waals surface area contributed by atoms with Crippen LogP contribution in [0.5, 0.6) is 5.75 Å². The maximum Gasteiger partial charge on any atom is 0.416 e. The van der Waals surface area contributed by atoms with Gasteiger partial charge in [0, 0.05) is 19.2 Å². The molecule has 0 aliphatic rings. The fraction of sp³-hybridized carbons (Fsp3) is 0.238. The first-order valence-electron chi connectivity index (χ1n) is 9.49. The maximum atomic E-state index is 12.9. The van der Waals surface area contributed by atoms with Crippen molar-refractivity contribution in [2.75, 3.05) is 38.4 Å². The van der Waals surface area contributed by atoms with E-state index < -0.39 is 17.8 Å². The highest BCUT2D eigenvalue weighted by Gasteiger charge is 2.30. The number of ether oxygens (including phenoxy) is 2. The third-order valence-corrected chi connectivity index (χ3v) is 4.55. The van der Waals surface area contributed by atoms with Gasteiger partial charge in [0.15, 0.2) is 5.82 Å². The van der Waals surface area contributed by atoms with E-state index in [4.69, 9.17) is 15.2 Å². The van der Waals surface area contributed by atoms with Gasteiger partial charge in [-0.05, 0) is 48.5 Å². The number of hydrogen-bond acceptors (Lipinski definition) is 5. The summed E-state index contributed by atoms with van der Waals surface area (Å²) in [6.07, 6.45) is -4.46. The van der Waals surface area contributed by atoms with E-state index in [9.17, 15) is 18.0 Å². The Morgan fingerprint density at radius 3 is 2.31 bits per heavy atom. The Hall–Kier alpha value is -3.73. The number of amides is 2. The minimum Gasteiger partial charge on any atom is -0.497 e. The second-order valence-corrected chi connectivity index (χ2v) is 6.67. The van der Waals surface area contributed by atoms with Crippen molar-refractivity contribution in [2.24, 2.45) is 0 Å². The Balaban J connectivity index is 2.01. The number of rotatable bonds is 7. The van der Waals surface area contributed by atoms with Crippen LogP contribution in [-0.2, 0) is 10.9 Å². The van der Waals surface area contributed by atoms with Crippen molar-refractivity contribution < 1.29 is 27.4 Å². The van der Waals surface area contributed by atoms with Crippen LogP contribution in [0.25, 0.3) is 16.9 Å². The van der Waals surface area contributed by atoms with Gasteiger partial charge in [0.1, 0.15) is 17.1 Å². The molecule has 32 heavy (non-hydrogen) atoms. The Kier molecular flexibility index (Phi) is 6.89. The number of aromatic nitrogens is 2. The van der Waals surface area contributed by atoms with Crippen LogP contribution in [-0.4, -0.2) is 43.2 Å². The maximum absolute atomic E-state index is 12.9. The lowest BCUT2D eigenvalue weighted by Gasteiger charge is -2.10. The number of nitrogens with zero attached hydrogens (tertiary/aromatic N) is 2. The first kappa shape index (κ1) is 22.9. The van der Waals surface area contributed by atoms with Gasteiger partial charge in [-0.1, -0.05) is 0 Å². The number of alkyl halides is 3. The van der Waals surface area contributed by atoms with Crippen LogP contribution in [0, 0.1) is 0 Å². The standard InChI is InChI=1S/C21H22F3N5O3/c1-31-12-11-26-20(30)27-18-17(13-3-9-16(32-2)10-4-13)28-29(19(18)25)15-7-5-14(6-8-15)21(22,23)24/h3-10H,11-12,25H2,1-2H3,(H2,26,27,30). The van der Waals surface area contributed by atoms with E-state index in [1.807, 2.05) is 0 Å². The molecule has 0 bridgehead atoms. The largest absolute Gasteiger partial charge is 0.497 e. The smallest absolute Gasteiger partial charge is 0.416 e. The topological polar surface area (TPSA) is 103 Å². The number of hydrogen-bond donors (Lipinski definition) is 3. The van der Waals surface area contributed by atoms with Gasteiger partial charge in [0.2, 0.25) is 0 Å². The molecule has 0 radical (unpaired) electrons. The summed E-state index contributed by atoms with van der Waals surface area (Å²) in [7, 11) is 3.04. The summed E-state index contributed by atoms with van der Waals surface area (Å²) in [5, 5.41) is 9.73. The molecule has 3 rings (SSSR count). The summed E-state index contributed by atoms with van der Waals surface area (Å²) in [5.41, 5.74) is 6.93. The molecule has 0 saturated heterocycles. The molecule has 0 fully saturated rings. The number of benzene rings is 2. The quantitative estimate of drug-likeness (QED) is 0.475. The second kappa shape index (κ2) is 9.60.